The maximum Gasteiger partial charge on any atom is 0.160 e. The molecule has 0 spiro atoms. The van der Waals surface area contributed by atoms with E-state index < -0.39 is 0 Å². The summed E-state index contributed by atoms with van der Waals surface area (Å²) >= 11 is 0. The minimum atomic E-state index is 0.252. The van der Waals surface area contributed by atoms with Crippen LogP contribution in [0.3, 0.4) is 0 Å². The minimum absolute atomic E-state index is 0.252. The third kappa shape index (κ3) is 4.88. The summed E-state index contributed by atoms with van der Waals surface area (Å²) in [5.41, 5.74) is 8.80. The van der Waals surface area contributed by atoms with E-state index in [1.807, 2.05) is 109 Å². The smallest absolute Gasteiger partial charge is 0.160 e. The van der Waals surface area contributed by atoms with Crippen molar-refractivity contribution in [1.29, 1.82) is 15.8 Å². The predicted octanol–water partition coefficient (Wildman–Crippen LogP) is 11.3. The Balaban J connectivity index is 1.32. The van der Waals surface area contributed by atoms with Gasteiger partial charge in [0.1, 0.15) is 23.8 Å². The molecular formula is C49H27N7. The van der Waals surface area contributed by atoms with Crippen molar-refractivity contribution in [2.45, 2.75) is 0 Å². The van der Waals surface area contributed by atoms with Crippen LogP contribution in [0, 0.1) is 34.0 Å². The zero-order chi connectivity index (χ0) is 37.8. The molecule has 0 bridgehead atoms. The van der Waals surface area contributed by atoms with Gasteiger partial charge in [0.05, 0.1) is 50.3 Å². The fourth-order valence-electron chi connectivity index (χ4n) is 8.06. The first kappa shape index (κ1) is 32.3. The zero-order valence-corrected chi connectivity index (χ0v) is 29.7. The highest BCUT2D eigenvalue weighted by Gasteiger charge is 2.26. The first-order valence-electron chi connectivity index (χ1n) is 18.1. The molecular weight excluding hydrogens is 687 g/mol. The molecule has 0 saturated carbocycles. The molecule has 0 N–H and O–H groups in total. The average molecular weight is 714 g/mol. The first-order chi connectivity index (χ1) is 27.7. The summed E-state index contributed by atoms with van der Waals surface area (Å²) in [6.07, 6.45) is 0. The Kier molecular flexibility index (Phi) is 7.49. The van der Waals surface area contributed by atoms with Crippen molar-refractivity contribution in [2.75, 3.05) is 0 Å². The maximum absolute atomic E-state index is 11.0. The molecule has 0 radical (unpaired) electrons. The molecule has 0 saturated heterocycles. The third-order valence-electron chi connectivity index (χ3n) is 10.4. The van der Waals surface area contributed by atoms with Gasteiger partial charge in [0, 0.05) is 43.9 Å². The maximum atomic E-state index is 11.0. The van der Waals surface area contributed by atoms with Gasteiger partial charge in [-0.3, -0.25) is 0 Å². The Morgan fingerprint density at radius 1 is 0.411 bits per heavy atom. The number of nitrogens with zero attached hydrogens (tertiary/aromatic N) is 7. The number of nitriles is 3. The van der Waals surface area contributed by atoms with E-state index in [2.05, 4.69) is 69.8 Å². The van der Waals surface area contributed by atoms with Crippen molar-refractivity contribution in [1.82, 2.24) is 19.1 Å². The number of fused-ring (bicyclic) bond motifs is 7. The van der Waals surface area contributed by atoms with Crippen molar-refractivity contribution in [3.8, 4) is 63.5 Å². The summed E-state index contributed by atoms with van der Waals surface area (Å²) in [5.74, 6) is 0.429. The van der Waals surface area contributed by atoms with Gasteiger partial charge in [-0.05, 0) is 36.4 Å². The van der Waals surface area contributed by atoms with Crippen LogP contribution in [0.4, 0.5) is 0 Å². The lowest BCUT2D eigenvalue weighted by Crippen LogP contribution is -2.05. The zero-order valence-electron chi connectivity index (χ0n) is 29.7. The topological polar surface area (TPSA) is 107 Å². The highest BCUT2D eigenvalue weighted by Crippen LogP contribution is 2.43. The molecule has 3 heterocycles. The molecule has 56 heavy (non-hydrogen) atoms. The van der Waals surface area contributed by atoms with Crippen molar-refractivity contribution in [3.05, 3.63) is 180 Å². The van der Waals surface area contributed by atoms with Crippen LogP contribution in [-0.4, -0.2) is 19.1 Å². The fourth-order valence-corrected chi connectivity index (χ4v) is 8.06. The summed E-state index contributed by atoms with van der Waals surface area (Å²) in [5, 5.41) is 36.9. The summed E-state index contributed by atoms with van der Waals surface area (Å²) in [6, 6.07) is 60.9. The number of hydrogen-bond acceptors (Lipinski definition) is 5. The molecule has 0 aliphatic rings. The average Bonchev–Trinajstić information content (AvgIpc) is 3.79. The van der Waals surface area contributed by atoms with E-state index in [0.717, 1.165) is 60.4 Å². The van der Waals surface area contributed by atoms with Crippen molar-refractivity contribution in [3.63, 3.8) is 0 Å². The van der Waals surface area contributed by atoms with Gasteiger partial charge < -0.3 is 9.13 Å². The molecule has 258 valence electrons. The van der Waals surface area contributed by atoms with Crippen molar-refractivity contribution in [2.24, 2.45) is 0 Å². The van der Waals surface area contributed by atoms with Crippen molar-refractivity contribution < 1.29 is 0 Å². The second-order valence-electron chi connectivity index (χ2n) is 13.5. The quantitative estimate of drug-likeness (QED) is 0.176. The van der Waals surface area contributed by atoms with Gasteiger partial charge in [0.15, 0.2) is 5.82 Å². The van der Waals surface area contributed by atoms with Gasteiger partial charge in [-0.25, -0.2) is 9.97 Å². The number of hydrogen-bond donors (Lipinski definition) is 0. The van der Waals surface area contributed by atoms with Crippen LogP contribution in [-0.2, 0) is 0 Å². The lowest BCUT2D eigenvalue weighted by atomic mass is 9.96. The Morgan fingerprint density at radius 2 is 0.875 bits per heavy atom. The number of para-hydroxylation sites is 3. The standard InChI is InChI=1S/C49H27N7/c50-28-34-26-33(45-41(30-52)44(31-14-4-1-5-15-31)53-49(54-45)32-16-6-2-7-17-32)27-35(29-51)46(34)56-43-23-13-11-21-38(43)40-25-24-39-37-20-10-12-22-42(37)55(47(39)48(40)56)36-18-8-3-9-19-36/h1-27H. The normalized spacial score (nSPS) is 11.2. The van der Waals surface area contributed by atoms with Gasteiger partial charge in [-0.15, -0.1) is 0 Å². The molecule has 10 rings (SSSR count). The number of benzene rings is 7. The van der Waals surface area contributed by atoms with Crippen LogP contribution in [0.5, 0.6) is 0 Å². The van der Waals surface area contributed by atoms with Crippen molar-refractivity contribution >= 4 is 43.6 Å². The molecule has 7 aromatic carbocycles. The van der Waals surface area contributed by atoms with Crippen LogP contribution >= 0.6 is 0 Å². The van der Waals surface area contributed by atoms with Crippen LogP contribution in [0.25, 0.3) is 88.9 Å². The number of rotatable bonds is 5. The van der Waals surface area contributed by atoms with E-state index in [1.54, 1.807) is 12.1 Å². The predicted molar refractivity (Wildman–Crippen MR) is 221 cm³/mol. The highest BCUT2D eigenvalue weighted by atomic mass is 15.0. The second kappa shape index (κ2) is 13.0. The van der Waals surface area contributed by atoms with Crippen LogP contribution in [0.1, 0.15) is 16.7 Å². The Labute approximate surface area is 321 Å². The minimum Gasteiger partial charge on any atom is -0.307 e. The van der Waals surface area contributed by atoms with Gasteiger partial charge in [-0.1, -0.05) is 127 Å². The molecule has 10 aromatic rings. The lowest BCUT2D eigenvalue weighted by Gasteiger charge is -2.17. The van der Waals surface area contributed by atoms with Crippen LogP contribution in [0.2, 0.25) is 0 Å². The highest BCUT2D eigenvalue weighted by molar-refractivity contribution is 6.24. The van der Waals surface area contributed by atoms with Gasteiger partial charge in [0.2, 0.25) is 0 Å². The largest absolute Gasteiger partial charge is 0.307 e. The summed E-state index contributed by atoms with van der Waals surface area (Å²) in [6.45, 7) is 0. The van der Waals surface area contributed by atoms with E-state index in [0.29, 0.717) is 28.5 Å². The summed E-state index contributed by atoms with van der Waals surface area (Å²) in [4.78, 5) is 9.85. The van der Waals surface area contributed by atoms with E-state index >= 15 is 0 Å². The molecule has 3 aromatic heterocycles. The molecule has 0 aliphatic heterocycles. The molecule has 7 heteroatoms. The van der Waals surface area contributed by atoms with E-state index in [-0.39, 0.29) is 16.7 Å². The Hall–Kier alpha value is -8.31. The summed E-state index contributed by atoms with van der Waals surface area (Å²) in [7, 11) is 0. The SMILES string of the molecule is N#Cc1cc(-c2nc(-c3ccccc3)nc(-c3ccccc3)c2C#N)cc(C#N)c1-n1c2ccccc2c2ccc3c4ccccc4n(-c4ccccc4)c3c21. The number of aromatic nitrogens is 4. The lowest BCUT2D eigenvalue weighted by molar-refractivity contribution is 1.13. The Bertz CT molecular complexity index is 3290. The second-order valence-corrected chi connectivity index (χ2v) is 13.5. The molecule has 0 atom stereocenters. The monoisotopic (exact) mass is 713 g/mol. The van der Waals surface area contributed by atoms with Crippen LogP contribution < -0.4 is 0 Å². The fraction of sp³-hybridized carbons (Fsp3) is 0. The molecule has 0 aliphatic carbocycles. The van der Waals surface area contributed by atoms with E-state index in [1.165, 1.54) is 0 Å². The Morgan fingerprint density at radius 3 is 1.43 bits per heavy atom. The van der Waals surface area contributed by atoms with E-state index in [4.69, 9.17) is 9.97 Å². The molecule has 7 nitrogen and oxygen atoms in total. The van der Waals surface area contributed by atoms with Gasteiger partial charge >= 0.3 is 0 Å². The first-order valence-corrected chi connectivity index (χ1v) is 18.1. The third-order valence-corrected chi connectivity index (χ3v) is 10.4. The molecule has 0 unspecified atom stereocenters. The molecule has 0 amide bonds. The van der Waals surface area contributed by atoms with Crippen LogP contribution in [0.15, 0.2) is 164 Å². The molecule has 0 fully saturated rings. The van der Waals surface area contributed by atoms with Gasteiger partial charge in [0.25, 0.3) is 0 Å². The van der Waals surface area contributed by atoms with Gasteiger partial charge in [-0.2, -0.15) is 15.8 Å². The summed E-state index contributed by atoms with van der Waals surface area (Å²) < 4.78 is 4.34. The van der Waals surface area contributed by atoms with E-state index in [9.17, 15) is 15.8 Å².